The smallest absolute Gasteiger partial charge is 0.309 e. The van der Waals surface area contributed by atoms with Gasteiger partial charge in [-0.2, -0.15) is 0 Å². The Morgan fingerprint density at radius 2 is 1.64 bits per heavy atom. The SMILES string of the molecule is CCCC(=O)O[C@H]1[C@H](C)OC(O[C@H]2[C@H](N(C)C)[C@@H](O)C(OC3C(CC=O)CC(C)/C=C\C=C\C(O)CC(C)OC(=O)CC(OC(=O)CC)C3OC)O[C@@H]2C)C[C@@]1(C)O. The Kier molecular flexibility index (Phi) is 19.9. The third kappa shape index (κ3) is 14.2. The number of carbonyl (C=O) groups is 4. The molecule has 0 aromatic rings. The topological polar surface area (TPSA) is 206 Å². The van der Waals surface area contributed by atoms with Crippen LogP contribution in [0.2, 0.25) is 0 Å². The van der Waals surface area contributed by atoms with Crippen molar-refractivity contribution in [2.75, 3.05) is 21.2 Å². The van der Waals surface area contributed by atoms with E-state index in [1.54, 1.807) is 71.8 Å². The number of likely N-dealkylation sites (N-methyl/N-ethyl adjacent to an activating group) is 1. The van der Waals surface area contributed by atoms with E-state index >= 15 is 0 Å². The minimum atomic E-state index is -1.48. The lowest BCUT2D eigenvalue weighted by atomic mass is 9.84. The predicted octanol–water partition coefficient (Wildman–Crippen LogP) is 3.16. The van der Waals surface area contributed by atoms with Crippen LogP contribution in [0.3, 0.4) is 0 Å². The van der Waals surface area contributed by atoms with Crippen LogP contribution in [-0.4, -0.2) is 151 Å². The molecule has 0 aromatic heterocycles. The first-order chi connectivity index (χ1) is 27.3. The van der Waals surface area contributed by atoms with Crippen molar-refractivity contribution in [2.45, 2.75) is 185 Å². The van der Waals surface area contributed by atoms with E-state index in [2.05, 4.69) is 0 Å². The molecule has 0 aromatic carbocycles. The quantitative estimate of drug-likeness (QED) is 0.139. The number of methoxy groups -OCH3 is 1. The van der Waals surface area contributed by atoms with Crippen LogP contribution in [0.4, 0.5) is 0 Å². The summed E-state index contributed by atoms with van der Waals surface area (Å²) >= 11 is 0. The number of hydrogen-bond acceptors (Lipinski definition) is 16. The van der Waals surface area contributed by atoms with Crippen LogP contribution in [0.15, 0.2) is 24.3 Å². The van der Waals surface area contributed by atoms with Gasteiger partial charge in [0.15, 0.2) is 18.7 Å². The monoisotopic (exact) mass is 827 g/mol. The van der Waals surface area contributed by atoms with Crippen LogP contribution in [0, 0.1) is 11.8 Å². The van der Waals surface area contributed by atoms with Gasteiger partial charge < -0.3 is 62.9 Å². The van der Waals surface area contributed by atoms with Gasteiger partial charge in [0.05, 0.1) is 36.9 Å². The second-order valence-electron chi connectivity index (χ2n) is 16.4. The highest BCUT2D eigenvalue weighted by atomic mass is 16.7. The number of aliphatic hydroxyl groups excluding tert-OH is 2. The molecule has 0 bridgehead atoms. The van der Waals surface area contributed by atoms with Gasteiger partial charge in [-0.3, -0.25) is 14.4 Å². The number of esters is 3. The normalized spacial score (nSPS) is 40.6. The first kappa shape index (κ1) is 49.6. The van der Waals surface area contributed by atoms with Gasteiger partial charge >= 0.3 is 17.9 Å². The molecule has 9 unspecified atom stereocenters. The number of aliphatic hydroxyl groups is 3. The Labute approximate surface area is 343 Å². The Bertz CT molecular complexity index is 1370. The summed E-state index contributed by atoms with van der Waals surface area (Å²) < 4.78 is 48.7. The third-order valence-corrected chi connectivity index (χ3v) is 10.9. The van der Waals surface area contributed by atoms with Crippen molar-refractivity contribution < 1.29 is 72.4 Å². The van der Waals surface area contributed by atoms with E-state index in [1.807, 2.05) is 19.9 Å². The largest absolute Gasteiger partial charge is 0.462 e. The summed E-state index contributed by atoms with van der Waals surface area (Å²) in [6.07, 6.45) is -3.25. The molecule has 16 nitrogen and oxygen atoms in total. The number of nitrogens with zero attached hydrogens (tertiary/aromatic N) is 1. The zero-order valence-electron chi connectivity index (χ0n) is 35.9. The predicted molar refractivity (Wildman–Crippen MR) is 210 cm³/mol. The molecule has 2 saturated heterocycles. The Hall–Kier alpha value is -2.80. The molecule has 3 heterocycles. The van der Waals surface area contributed by atoms with Crippen LogP contribution in [0.25, 0.3) is 0 Å². The number of carbonyl (C=O) groups excluding carboxylic acids is 4. The standard InChI is InChI=1S/C42H69NO15/c1-11-15-32(47)56-40-27(6)53-34(23-42(40,7)50)57-37-26(5)54-41(36(49)35(37)43(8)9)58-38-28(18-19-44)20-24(3)16-13-14-17-29(45)21-25(4)52-33(48)22-30(39(38)51-10)55-31(46)12-2/h13-14,16-17,19,24-30,34-41,45,49-50H,11-12,15,18,20-23H2,1-10H3/b16-13-,17-14+/t24?,25?,26-,27+,28?,29?,30?,34?,35-,36-,37-,38?,39?,40+,41?,42-/m1/s1. The van der Waals surface area contributed by atoms with E-state index in [1.165, 1.54) is 7.11 Å². The molecular weight excluding hydrogens is 758 g/mol. The van der Waals surface area contributed by atoms with Gasteiger partial charge in [-0.15, -0.1) is 0 Å². The van der Waals surface area contributed by atoms with Crippen molar-refractivity contribution in [1.82, 2.24) is 4.90 Å². The molecule has 0 radical (unpaired) electrons. The fraction of sp³-hybridized carbons (Fsp3) is 0.810. The van der Waals surface area contributed by atoms with Gasteiger partial charge in [0.2, 0.25) is 0 Å². The molecule has 3 rings (SSSR count). The van der Waals surface area contributed by atoms with Gasteiger partial charge in [0.25, 0.3) is 0 Å². The van der Waals surface area contributed by atoms with Crippen molar-refractivity contribution in [1.29, 1.82) is 0 Å². The Morgan fingerprint density at radius 1 is 0.948 bits per heavy atom. The second-order valence-corrected chi connectivity index (χ2v) is 16.4. The molecular formula is C42H69NO15. The van der Waals surface area contributed by atoms with Gasteiger partial charge in [0.1, 0.15) is 42.4 Å². The number of hydrogen-bond donors (Lipinski definition) is 3. The number of rotatable bonds is 13. The lowest BCUT2D eigenvalue weighted by Gasteiger charge is -2.50. The van der Waals surface area contributed by atoms with Gasteiger partial charge in [0, 0.05) is 39.2 Å². The lowest BCUT2D eigenvalue weighted by molar-refractivity contribution is -0.344. The zero-order chi connectivity index (χ0) is 43.3. The highest BCUT2D eigenvalue weighted by Crippen LogP contribution is 2.37. The lowest BCUT2D eigenvalue weighted by Crippen LogP contribution is -2.66. The van der Waals surface area contributed by atoms with E-state index in [9.17, 15) is 34.5 Å². The summed E-state index contributed by atoms with van der Waals surface area (Å²) in [5.41, 5.74) is -1.48. The van der Waals surface area contributed by atoms with Crippen molar-refractivity contribution in [2.24, 2.45) is 11.8 Å². The van der Waals surface area contributed by atoms with Gasteiger partial charge in [-0.25, -0.2) is 0 Å². The average molecular weight is 828 g/mol. The van der Waals surface area contributed by atoms with Crippen molar-refractivity contribution in [3.8, 4) is 0 Å². The highest BCUT2D eigenvalue weighted by molar-refractivity contribution is 5.72. The molecule has 2 fully saturated rings. The fourth-order valence-corrected chi connectivity index (χ4v) is 8.09. The Morgan fingerprint density at radius 3 is 2.24 bits per heavy atom. The van der Waals surface area contributed by atoms with Crippen LogP contribution < -0.4 is 0 Å². The minimum Gasteiger partial charge on any atom is -0.462 e. The van der Waals surface area contributed by atoms with E-state index in [0.29, 0.717) is 12.8 Å². The van der Waals surface area contributed by atoms with Gasteiger partial charge in [-0.1, -0.05) is 45.1 Å². The van der Waals surface area contributed by atoms with Crippen LogP contribution in [-0.2, 0) is 57.1 Å². The van der Waals surface area contributed by atoms with Crippen molar-refractivity contribution in [3.63, 3.8) is 0 Å². The van der Waals surface area contributed by atoms with E-state index in [0.717, 1.165) is 6.29 Å². The third-order valence-electron chi connectivity index (χ3n) is 10.9. The maximum Gasteiger partial charge on any atom is 0.309 e. The zero-order valence-corrected chi connectivity index (χ0v) is 35.9. The molecule has 0 saturated carbocycles. The molecule has 332 valence electrons. The first-order valence-electron chi connectivity index (χ1n) is 20.6. The van der Waals surface area contributed by atoms with Crippen LogP contribution >= 0.6 is 0 Å². The number of ether oxygens (including phenoxy) is 8. The summed E-state index contributed by atoms with van der Waals surface area (Å²) in [5.74, 6) is -2.47. The van der Waals surface area contributed by atoms with E-state index in [4.69, 9.17) is 37.9 Å². The molecule has 0 amide bonds. The molecule has 3 aliphatic rings. The number of aldehydes is 1. The van der Waals surface area contributed by atoms with Crippen molar-refractivity contribution in [3.05, 3.63) is 24.3 Å². The summed E-state index contributed by atoms with van der Waals surface area (Å²) in [7, 11) is 4.90. The van der Waals surface area contributed by atoms with Crippen LogP contribution in [0.5, 0.6) is 0 Å². The van der Waals surface area contributed by atoms with E-state index in [-0.39, 0.29) is 38.0 Å². The fourth-order valence-electron chi connectivity index (χ4n) is 8.09. The molecule has 16 atom stereocenters. The van der Waals surface area contributed by atoms with E-state index < -0.39 is 116 Å². The summed E-state index contributed by atoms with van der Waals surface area (Å²) in [6.45, 7) is 12.1. The maximum atomic E-state index is 13.3. The van der Waals surface area contributed by atoms with Crippen LogP contribution in [0.1, 0.15) is 99.8 Å². The molecule has 16 heteroatoms. The van der Waals surface area contributed by atoms with Crippen molar-refractivity contribution >= 4 is 24.2 Å². The number of allylic oxidation sites excluding steroid dienone is 3. The number of cyclic esters (lactones) is 1. The second kappa shape index (κ2) is 23.3. The molecule has 3 N–H and O–H groups in total. The summed E-state index contributed by atoms with van der Waals surface area (Å²) in [5, 5.41) is 34.0. The molecule has 0 aliphatic carbocycles. The molecule has 3 aliphatic heterocycles. The molecule has 0 spiro atoms. The summed E-state index contributed by atoms with van der Waals surface area (Å²) in [6, 6.07) is -0.761. The first-order valence-corrected chi connectivity index (χ1v) is 20.6. The summed E-state index contributed by atoms with van der Waals surface area (Å²) in [4.78, 5) is 52.6. The maximum absolute atomic E-state index is 13.3. The van der Waals surface area contributed by atoms with Gasteiger partial charge in [-0.05, 0) is 66.5 Å². The Balaban J connectivity index is 1.99. The minimum absolute atomic E-state index is 0.000517. The average Bonchev–Trinajstić information content (AvgIpc) is 3.12. The highest BCUT2D eigenvalue weighted by Gasteiger charge is 2.53. The molecule has 58 heavy (non-hydrogen) atoms.